The van der Waals surface area contributed by atoms with Crippen LogP contribution in [0.1, 0.15) is 17.1 Å². The molecule has 1 rings (SSSR count). The third-order valence-electron chi connectivity index (χ3n) is 1.47. The largest absolute Gasteiger partial charge is 0.466 e. The van der Waals surface area contributed by atoms with Gasteiger partial charge in [0.25, 0.3) is 0 Å². The highest BCUT2D eigenvalue weighted by atomic mass is 16.3. The fourth-order valence-corrected chi connectivity index (χ4v) is 1.02. The van der Waals surface area contributed by atoms with Gasteiger partial charge in [0.05, 0.1) is 0 Å². The molecular weight excluding hydrogens is 124 g/mol. The lowest BCUT2D eigenvalue weighted by Gasteiger charge is -1.89. The molecule has 1 aromatic rings. The molecule has 1 heterocycles. The molecule has 0 unspecified atom stereocenters. The lowest BCUT2D eigenvalue weighted by atomic mass is 10.2. The van der Waals surface area contributed by atoms with Crippen LogP contribution < -0.4 is 0 Å². The van der Waals surface area contributed by atoms with Gasteiger partial charge in [-0.1, -0.05) is 6.08 Å². The van der Waals surface area contributed by atoms with Crippen LogP contribution in [-0.2, 0) is 6.42 Å². The second-order valence-corrected chi connectivity index (χ2v) is 2.46. The van der Waals surface area contributed by atoms with E-state index in [2.05, 4.69) is 13.5 Å². The van der Waals surface area contributed by atoms with E-state index in [1.54, 1.807) is 0 Å². The second-order valence-electron chi connectivity index (χ2n) is 2.46. The molecule has 0 aliphatic rings. The maximum atomic E-state index is 5.38. The van der Waals surface area contributed by atoms with E-state index in [1.165, 1.54) is 5.56 Å². The van der Waals surface area contributed by atoms with Crippen LogP contribution in [0, 0.1) is 13.8 Å². The van der Waals surface area contributed by atoms with E-state index in [-0.39, 0.29) is 0 Å². The maximum Gasteiger partial charge on any atom is 0.110 e. The first-order valence-electron chi connectivity index (χ1n) is 3.41. The zero-order chi connectivity index (χ0) is 7.56. The highest BCUT2D eigenvalue weighted by Crippen LogP contribution is 2.13. The Balaban J connectivity index is 2.91. The Bertz CT molecular complexity index is 233. The van der Waals surface area contributed by atoms with Crippen molar-refractivity contribution in [1.82, 2.24) is 0 Å². The molecule has 1 nitrogen and oxygen atoms in total. The first-order valence-corrected chi connectivity index (χ1v) is 3.41. The number of hydrogen-bond acceptors (Lipinski definition) is 1. The summed E-state index contributed by atoms with van der Waals surface area (Å²) >= 11 is 0. The highest BCUT2D eigenvalue weighted by molar-refractivity contribution is 5.20. The zero-order valence-electron chi connectivity index (χ0n) is 6.48. The second kappa shape index (κ2) is 2.74. The maximum absolute atomic E-state index is 5.38. The topological polar surface area (TPSA) is 13.1 Å². The van der Waals surface area contributed by atoms with Crippen LogP contribution in [0.5, 0.6) is 0 Å². The Morgan fingerprint density at radius 2 is 2.30 bits per heavy atom. The number of rotatable bonds is 2. The van der Waals surface area contributed by atoms with Crippen LogP contribution >= 0.6 is 0 Å². The lowest BCUT2D eigenvalue weighted by Crippen LogP contribution is -1.77. The first-order chi connectivity index (χ1) is 4.74. The summed E-state index contributed by atoms with van der Waals surface area (Å²) in [4.78, 5) is 0. The van der Waals surface area contributed by atoms with Crippen molar-refractivity contribution >= 4 is 0 Å². The molecule has 0 saturated carbocycles. The van der Waals surface area contributed by atoms with Crippen LogP contribution in [0.4, 0.5) is 0 Å². The molecule has 0 amide bonds. The van der Waals surface area contributed by atoms with Crippen molar-refractivity contribution in [3.05, 3.63) is 35.8 Å². The van der Waals surface area contributed by atoms with Gasteiger partial charge in [0, 0.05) is 6.42 Å². The molecule has 0 fully saturated rings. The van der Waals surface area contributed by atoms with Gasteiger partial charge in [-0.05, 0) is 25.5 Å². The molecule has 0 saturated heterocycles. The normalized spacial score (nSPS) is 9.80. The molecule has 0 spiro atoms. The molecule has 0 aliphatic carbocycles. The van der Waals surface area contributed by atoms with E-state index in [1.807, 2.05) is 19.1 Å². The molecule has 1 aromatic heterocycles. The summed E-state index contributed by atoms with van der Waals surface area (Å²) in [6.07, 6.45) is 2.69. The van der Waals surface area contributed by atoms with Gasteiger partial charge in [0.2, 0.25) is 0 Å². The first kappa shape index (κ1) is 7.13. The van der Waals surface area contributed by atoms with Crippen molar-refractivity contribution in [3.63, 3.8) is 0 Å². The predicted molar refractivity (Wildman–Crippen MR) is 42.1 cm³/mol. The summed E-state index contributed by atoms with van der Waals surface area (Å²) in [6.45, 7) is 7.66. The summed E-state index contributed by atoms with van der Waals surface area (Å²) in [6, 6.07) is 2.04. The minimum atomic E-state index is 0.833. The van der Waals surface area contributed by atoms with Gasteiger partial charge in [-0.25, -0.2) is 0 Å². The molecule has 1 heteroatoms. The average molecular weight is 136 g/mol. The molecule has 0 radical (unpaired) electrons. The lowest BCUT2D eigenvalue weighted by molar-refractivity contribution is 0.493. The third kappa shape index (κ3) is 1.29. The van der Waals surface area contributed by atoms with Crippen molar-refractivity contribution < 1.29 is 4.42 Å². The van der Waals surface area contributed by atoms with E-state index >= 15 is 0 Å². The molecule has 0 bridgehead atoms. The minimum absolute atomic E-state index is 0.833. The van der Waals surface area contributed by atoms with Crippen molar-refractivity contribution in [3.8, 4) is 0 Å². The van der Waals surface area contributed by atoms with Crippen LogP contribution in [0.3, 0.4) is 0 Å². The van der Waals surface area contributed by atoms with Gasteiger partial charge < -0.3 is 4.42 Å². The molecule has 0 atom stereocenters. The molecule has 0 N–H and O–H groups in total. The SMILES string of the molecule is C=CCc1oc(C)cc1C. The Hall–Kier alpha value is -0.980. The van der Waals surface area contributed by atoms with Crippen LogP contribution in [0.15, 0.2) is 23.1 Å². The zero-order valence-corrected chi connectivity index (χ0v) is 6.48. The van der Waals surface area contributed by atoms with Crippen LogP contribution in [0.2, 0.25) is 0 Å². The van der Waals surface area contributed by atoms with Crippen molar-refractivity contribution in [2.24, 2.45) is 0 Å². The molecule has 0 aromatic carbocycles. The van der Waals surface area contributed by atoms with E-state index in [4.69, 9.17) is 4.42 Å². The Morgan fingerprint density at radius 3 is 2.70 bits per heavy atom. The standard InChI is InChI=1S/C9H12O/c1-4-5-9-7(2)6-8(3)10-9/h4,6H,1,5H2,2-3H3. The number of allylic oxidation sites excluding steroid dienone is 1. The van der Waals surface area contributed by atoms with Gasteiger partial charge in [-0.15, -0.1) is 6.58 Å². The van der Waals surface area contributed by atoms with Crippen LogP contribution in [0.25, 0.3) is 0 Å². The summed E-state index contributed by atoms with van der Waals surface area (Å²) < 4.78 is 5.38. The molecule has 0 aliphatic heterocycles. The van der Waals surface area contributed by atoms with Crippen LogP contribution in [-0.4, -0.2) is 0 Å². The summed E-state index contributed by atoms with van der Waals surface area (Å²) in [5, 5.41) is 0. The molecular formula is C9H12O. The average Bonchev–Trinajstić information content (AvgIpc) is 2.13. The number of hydrogen-bond donors (Lipinski definition) is 0. The number of furan rings is 1. The monoisotopic (exact) mass is 136 g/mol. The van der Waals surface area contributed by atoms with Gasteiger partial charge in [-0.2, -0.15) is 0 Å². The Kier molecular flexibility index (Phi) is 1.95. The van der Waals surface area contributed by atoms with Crippen molar-refractivity contribution in [2.45, 2.75) is 20.3 Å². The van der Waals surface area contributed by atoms with Crippen molar-refractivity contribution in [1.29, 1.82) is 0 Å². The fourth-order valence-electron chi connectivity index (χ4n) is 1.02. The smallest absolute Gasteiger partial charge is 0.110 e. The molecule has 10 heavy (non-hydrogen) atoms. The number of aryl methyl sites for hydroxylation is 2. The predicted octanol–water partition coefficient (Wildman–Crippen LogP) is 2.62. The van der Waals surface area contributed by atoms with E-state index in [0.717, 1.165) is 17.9 Å². The van der Waals surface area contributed by atoms with Gasteiger partial charge >= 0.3 is 0 Å². The third-order valence-corrected chi connectivity index (χ3v) is 1.47. The summed E-state index contributed by atoms with van der Waals surface area (Å²) in [7, 11) is 0. The van der Waals surface area contributed by atoms with Gasteiger partial charge in [-0.3, -0.25) is 0 Å². The van der Waals surface area contributed by atoms with E-state index in [0.29, 0.717) is 0 Å². The van der Waals surface area contributed by atoms with Gasteiger partial charge in [0.1, 0.15) is 11.5 Å². The van der Waals surface area contributed by atoms with Crippen molar-refractivity contribution in [2.75, 3.05) is 0 Å². The summed E-state index contributed by atoms with van der Waals surface area (Å²) in [5.74, 6) is 2.02. The highest BCUT2D eigenvalue weighted by Gasteiger charge is 2.00. The van der Waals surface area contributed by atoms with E-state index < -0.39 is 0 Å². The molecule has 54 valence electrons. The van der Waals surface area contributed by atoms with Gasteiger partial charge in [0.15, 0.2) is 0 Å². The summed E-state index contributed by atoms with van der Waals surface area (Å²) in [5.41, 5.74) is 1.22. The Morgan fingerprint density at radius 1 is 1.60 bits per heavy atom. The Labute approximate surface area is 61.4 Å². The quantitative estimate of drug-likeness (QED) is 0.569. The van der Waals surface area contributed by atoms with E-state index in [9.17, 15) is 0 Å². The minimum Gasteiger partial charge on any atom is -0.466 e. The fraction of sp³-hybridized carbons (Fsp3) is 0.333.